The Hall–Kier alpha value is -2.80. The maximum atomic E-state index is 14.2. The van der Waals surface area contributed by atoms with E-state index < -0.39 is 21.7 Å². The van der Waals surface area contributed by atoms with Crippen LogP contribution in [-0.2, 0) is 16.6 Å². The van der Waals surface area contributed by atoms with Crippen molar-refractivity contribution in [2.24, 2.45) is 4.99 Å². The number of thiazole rings is 1. The number of amides is 1. The average Bonchev–Trinajstić information content (AvgIpc) is 3.00. The largest absolute Gasteiger partial charge is 0.302 e. The lowest BCUT2D eigenvalue weighted by Crippen LogP contribution is -2.22. The topological polar surface area (TPSA) is 71.7 Å². The van der Waals surface area contributed by atoms with Gasteiger partial charge in [-0.05, 0) is 36.4 Å². The summed E-state index contributed by atoms with van der Waals surface area (Å²) < 4.78 is 41.6. The maximum Gasteiger partial charge on any atom is 0.279 e. The first-order valence-electron chi connectivity index (χ1n) is 8.08. The third kappa shape index (κ3) is 3.62. The lowest BCUT2D eigenvalue weighted by Gasteiger charge is -2.11. The van der Waals surface area contributed by atoms with Crippen LogP contribution >= 0.6 is 11.3 Å². The molecule has 0 aliphatic heterocycles. The highest BCUT2D eigenvalue weighted by atomic mass is 32.2. The lowest BCUT2D eigenvalue weighted by molar-refractivity contribution is 0.0997. The summed E-state index contributed by atoms with van der Waals surface area (Å²) in [4.78, 5) is 17.0. The highest BCUT2D eigenvalue weighted by Gasteiger charge is 2.18. The molecule has 1 aromatic heterocycles. The second-order valence-corrected chi connectivity index (χ2v) is 9.15. The van der Waals surface area contributed by atoms with Gasteiger partial charge in [0.05, 0.1) is 21.7 Å². The second-order valence-electron chi connectivity index (χ2n) is 5.99. The molecule has 0 spiro atoms. The number of para-hydroxylation sites is 1. The molecule has 0 unspecified atom stereocenters. The molecule has 0 N–H and O–H groups in total. The lowest BCUT2D eigenvalue weighted by atomic mass is 10.2. The van der Waals surface area contributed by atoms with Gasteiger partial charge in [-0.25, -0.2) is 17.1 Å². The number of benzene rings is 2. The van der Waals surface area contributed by atoms with Crippen LogP contribution in [0.15, 0.2) is 52.4 Å². The molecule has 9 heteroatoms. The van der Waals surface area contributed by atoms with Gasteiger partial charge in [-0.3, -0.25) is 4.79 Å². The van der Waals surface area contributed by atoms with Crippen molar-refractivity contribution in [3.63, 3.8) is 0 Å². The molecular weight excluding hydrogens is 401 g/mol. The van der Waals surface area contributed by atoms with Gasteiger partial charge < -0.3 is 4.57 Å². The summed E-state index contributed by atoms with van der Waals surface area (Å²) in [5, 5.41) is 0. The summed E-state index contributed by atoms with van der Waals surface area (Å²) >= 11 is 1.15. The maximum absolute atomic E-state index is 14.2. The average molecular weight is 417 g/mol. The smallest absolute Gasteiger partial charge is 0.279 e. The number of fused-ring (bicyclic) bond motifs is 1. The number of carbonyl (C=O) groups is 1. The molecule has 144 valence electrons. The summed E-state index contributed by atoms with van der Waals surface area (Å²) in [5.41, 5.74) is 0.507. The molecule has 0 radical (unpaired) electrons. The number of halogens is 1. The van der Waals surface area contributed by atoms with Gasteiger partial charge in [-0.15, -0.1) is 6.42 Å². The van der Waals surface area contributed by atoms with E-state index in [2.05, 4.69) is 10.9 Å². The Kier molecular flexibility index (Phi) is 5.47. The summed E-state index contributed by atoms with van der Waals surface area (Å²) in [6.07, 6.45) is 5.38. The van der Waals surface area contributed by atoms with Gasteiger partial charge in [0.2, 0.25) is 10.0 Å². The number of nitrogens with zero attached hydrogens (tertiary/aromatic N) is 3. The highest BCUT2D eigenvalue weighted by molar-refractivity contribution is 7.89. The number of terminal acetylenes is 1. The van der Waals surface area contributed by atoms with Crippen LogP contribution in [0, 0.1) is 18.2 Å². The van der Waals surface area contributed by atoms with Gasteiger partial charge in [0.1, 0.15) is 5.82 Å². The van der Waals surface area contributed by atoms with E-state index in [4.69, 9.17) is 6.42 Å². The summed E-state index contributed by atoms with van der Waals surface area (Å²) in [7, 11) is -0.739. The first-order valence-corrected chi connectivity index (χ1v) is 10.3. The van der Waals surface area contributed by atoms with Crippen molar-refractivity contribution >= 4 is 37.5 Å². The predicted octanol–water partition coefficient (Wildman–Crippen LogP) is 2.47. The zero-order valence-corrected chi connectivity index (χ0v) is 16.7. The number of rotatable bonds is 4. The molecule has 0 saturated heterocycles. The molecular formula is C19H16FN3O3S2. The van der Waals surface area contributed by atoms with Crippen LogP contribution in [0.25, 0.3) is 10.2 Å². The molecule has 3 aromatic rings. The fourth-order valence-electron chi connectivity index (χ4n) is 2.54. The van der Waals surface area contributed by atoms with Crippen LogP contribution in [0.2, 0.25) is 0 Å². The first kappa shape index (κ1) is 19.9. The van der Waals surface area contributed by atoms with Crippen molar-refractivity contribution in [2.75, 3.05) is 14.1 Å². The van der Waals surface area contributed by atoms with Gasteiger partial charge in [-0.2, -0.15) is 4.99 Å². The molecule has 0 atom stereocenters. The van der Waals surface area contributed by atoms with Gasteiger partial charge in [-0.1, -0.05) is 23.3 Å². The fraction of sp³-hybridized carbons (Fsp3) is 0.158. The Bertz CT molecular complexity index is 1260. The van der Waals surface area contributed by atoms with Crippen molar-refractivity contribution in [3.05, 3.63) is 58.6 Å². The summed E-state index contributed by atoms with van der Waals surface area (Å²) in [5.74, 6) is 1.41. The Labute approximate surface area is 165 Å². The van der Waals surface area contributed by atoms with Gasteiger partial charge in [0.15, 0.2) is 4.80 Å². The highest BCUT2D eigenvalue weighted by Crippen LogP contribution is 2.20. The molecule has 0 bridgehead atoms. The van der Waals surface area contributed by atoms with E-state index in [1.807, 2.05) is 0 Å². The summed E-state index contributed by atoms with van der Waals surface area (Å²) in [6.45, 7) is 0.0626. The van der Waals surface area contributed by atoms with Gasteiger partial charge >= 0.3 is 0 Å². The number of sulfonamides is 1. The molecule has 0 aliphatic carbocycles. The van der Waals surface area contributed by atoms with Crippen molar-refractivity contribution in [1.82, 2.24) is 8.87 Å². The van der Waals surface area contributed by atoms with Crippen LogP contribution in [-0.4, -0.2) is 37.3 Å². The molecule has 0 fully saturated rings. The third-order valence-electron chi connectivity index (χ3n) is 3.98. The molecule has 6 nitrogen and oxygen atoms in total. The molecule has 2 aromatic carbocycles. The standard InChI is InChI=1S/C19H16FN3O3S2/c1-4-12-23-17-15(20)6-5-7-16(17)27-19(23)21-18(24)13-8-10-14(11-9-13)28(25,26)22(2)3/h1,5-11H,12H2,2-3H3. The van der Waals surface area contributed by atoms with Crippen LogP contribution < -0.4 is 4.80 Å². The molecule has 0 saturated carbocycles. The van der Waals surface area contributed by atoms with E-state index >= 15 is 0 Å². The summed E-state index contributed by atoms with van der Waals surface area (Å²) in [6, 6.07) is 10.1. The minimum absolute atomic E-state index is 0.0626. The van der Waals surface area contributed by atoms with Crippen molar-refractivity contribution in [1.29, 1.82) is 0 Å². The monoisotopic (exact) mass is 417 g/mol. The number of aromatic nitrogens is 1. The quantitative estimate of drug-likeness (QED) is 0.613. The van der Waals surface area contributed by atoms with Crippen molar-refractivity contribution in [3.8, 4) is 12.3 Å². The van der Waals surface area contributed by atoms with Crippen LogP contribution in [0.4, 0.5) is 4.39 Å². The predicted molar refractivity (Wildman–Crippen MR) is 106 cm³/mol. The van der Waals surface area contributed by atoms with E-state index in [-0.39, 0.29) is 21.8 Å². The van der Waals surface area contributed by atoms with E-state index in [0.717, 1.165) is 15.6 Å². The minimum atomic E-state index is -3.59. The molecule has 3 rings (SSSR count). The van der Waals surface area contributed by atoms with Gasteiger partial charge in [0, 0.05) is 19.7 Å². The van der Waals surface area contributed by atoms with Crippen molar-refractivity contribution in [2.45, 2.75) is 11.4 Å². The molecule has 0 aliphatic rings. The van der Waals surface area contributed by atoms with E-state index in [1.54, 1.807) is 12.1 Å². The molecule has 28 heavy (non-hydrogen) atoms. The van der Waals surface area contributed by atoms with Gasteiger partial charge in [0.25, 0.3) is 5.91 Å². The second kappa shape index (κ2) is 7.67. The van der Waals surface area contributed by atoms with Crippen LogP contribution in [0.3, 0.4) is 0 Å². The Morgan fingerprint density at radius 1 is 1.25 bits per heavy atom. The normalized spacial score (nSPS) is 12.5. The molecule has 1 amide bonds. The fourth-order valence-corrected chi connectivity index (χ4v) is 4.49. The van der Waals surface area contributed by atoms with Crippen LogP contribution in [0.1, 0.15) is 10.4 Å². The number of hydrogen-bond acceptors (Lipinski definition) is 4. The molecule has 1 heterocycles. The SMILES string of the molecule is C#CCn1c(=NC(=O)c2ccc(S(=O)(=O)N(C)C)cc2)sc2cccc(F)c21. The number of hydrogen-bond donors (Lipinski definition) is 0. The third-order valence-corrected chi connectivity index (χ3v) is 6.85. The first-order chi connectivity index (χ1) is 13.3. The van der Waals surface area contributed by atoms with E-state index in [9.17, 15) is 17.6 Å². The Balaban J connectivity index is 2.05. The minimum Gasteiger partial charge on any atom is -0.302 e. The number of carbonyl (C=O) groups excluding carboxylic acids is 1. The van der Waals surface area contributed by atoms with Crippen LogP contribution in [0.5, 0.6) is 0 Å². The van der Waals surface area contributed by atoms with Crippen molar-refractivity contribution < 1.29 is 17.6 Å². The van der Waals surface area contributed by atoms with E-state index in [0.29, 0.717) is 10.2 Å². The Morgan fingerprint density at radius 2 is 1.93 bits per heavy atom. The zero-order valence-electron chi connectivity index (χ0n) is 15.1. The Morgan fingerprint density at radius 3 is 2.54 bits per heavy atom. The zero-order chi connectivity index (χ0) is 20.5. The van der Waals surface area contributed by atoms with E-state index in [1.165, 1.54) is 49.0 Å².